The smallest absolute Gasteiger partial charge is 0.253 e. The second kappa shape index (κ2) is 18.4. The quantitative estimate of drug-likeness (QED) is 0.117. The summed E-state index contributed by atoms with van der Waals surface area (Å²) in [6.07, 6.45) is 2.44. The van der Waals surface area contributed by atoms with Crippen molar-refractivity contribution >= 4 is 35.4 Å². The lowest BCUT2D eigenvalue weighted by Gasteiger charge is -2.18. The number of carbonyl (C=O) groups is 6. The van der Waals surface area contributed by atoms with Crippen LogP contribution in [0.2, 0.25) is 0 Å². The number of rotatable bonds is 14. The van der Waals surface area contributed by atoms with Crippen molar-refractivity contribution in [3.63, 3.8) is 0 Å². The molecule has 0 unspecified atom stereocenters. The first kappa shape index (κ1) is 42.8. The fraction of sp³-hybridized carbons (Fsp3) is 0.333. The summed E-state index contributed by atoms with van der Waals surface area (Å²) in [5.41, 5.74) is 5.03. The van der Waals surface area contributed by atoms with Gasteiger partial charge in [-0.05, 0) is 65.8 Å². The normalized spacial score (nSPS) is 27.0. The molecular weight excluding hydrogens is 829 g/mol. The third-order valence-corrected chi connectivity index (χ3v) is 14.3. The summed E-state index contributed by atoms with van der Waals surface area (Å²) in [4.78, 5) is 86.9. The van der Waals surface area contributed by atoms with Gasteiger partial charge in [-0.1, -0.05) is 121 Å². The van der Waals surface area contributed by atoms with Crippen LogP contribution in [-0.2, 0) is 25.7 Å². The molecule has 0 spiro atoms. The molecule has 5 aliphatic rings. The Balaban J connectivity index is 0.804. The number of nitrogens with zero attached hydrogens (tertiary/aromatic N) is 2. The molecule has 6 amide bonds. The molecule has 0 radical (unpaired) electrons. The van der Waals surface area contributed by atoms with Crippen LogP contribution in [0, 0.1) is 23.7 Å². The molecule has 336 valence electrons. The van der Waals surface area contributed by atoms with Gasteiger partial charge in [-0.15, -0.1) is 0 Å². The highest BCUT2D eigenvalue weighted by atomic mass is 16.2. The van der Waals surface area contributed by atoms with E-state index in [0.717, 1.165) is 41.5 Å². The zero-order valence-electron chi connectivity index (χ0n) is 36.6. The number of hydrogen-bond acceptors (Lipinski definition) is 6. The van der Waals surface area contributed by atoms with Crippen molar-refractivity contribution in [3.05, 3.63) is 179 Å². The maximum atomic E-state index is 14.1. The van der Waals surface area contributed by atoms with E-state index < -0.39 is 23.7 Å². The lowest BCUT2D eigenvalue weighted by molar-refractivity contribution is -0.133. The van der Waals surface area contributed by atoms with E-state index in [1.54, 1.807) is 34.1 Å². The van der Waals surface area contributed by atoms with E-state index in [-0.39, 0.29) is 97.5 Å². The van der Waals surface area contributed by atoms with E-state index in [2.05, 4.69) is 57.7 Å². The predicted molar refractivity (Wildman–Crippen MR) is 248 cm³/mol. The van der Waals surface area contributed by atoms with Crippen LogP contribution in [0.5, 0.6) is 0 Å². The Bertz CT molecular complexity index is 2520. The van der Waals surface area contributed by atoms with Crippen molar-refractivity contribution in [2.24, 2.45) is 23.7 Å². The SMILES string of the molecule is O=C(NCc1ccccc1)[C@@H]1CN(C(=O)c2ccc(C(=O)N3C[C@@H](C(=O)N[C@H]4C[C@@H]4c4ccccc4)[C@H](C(=O)N[C@H]4C[C@@H]4c4ccccc4)C3)cc2)C[C@H]1C(=O)N[C@H]1C[C@@H]1c1ccccc1. The summed E-state index contributed by atoms with van der Waals surface area (Å²) in [6, 6.07) is 45.9. The lowest BCUT2D eigenvalue weighted by Crippen LogP contribution is -2.43. The minimum Gasteiger partial charge on any atom is -0.352 e. The number of amides is 6. The number of hydrogen-bond donors (Lipinski definition) is 4. The Morgan fingerprint density at radius 1 is 0.394 bits per heavy atom. The van der Waals surface area contributed by atoms with Crippen molar-refractivity contribution in [2.75, 3.05) is 26.2 Å². The largest absolute Gasteiger partial charge is 0.352 e. The van der Waals surface area contributed by atoms with E-state index in [9.17, 15) is 28.8 Å². The molecule has 4 N–H and O–H groups in total. The third-order valence-electron chi connectivity index (χ3n) is 14.3. The van der Waals surface area contributed by atoms with Crippen molar-refractivity contribution in [3.8, 4) is 0 Å². The zero-order valence-corrected chi connectivity index (χ0v) is 36.6. The Labute approximate surface area is 384 Å². The van der Waals surface area contributed by atoms with Gasteiger partial charge in [0.05, 0.1) is 23.7 Å². The van der Waals surface area contributed by atoms with Crippen LogP contribution >= 0.6 is 0 Å². The zero-order chi connectivity index (χ0) is 45.3. The first-order chi connectivity index (χ1) is 32.2. The molecular formula is C54H54N6O6. The van der Waals surface area contributed by atoms with Crippen LogP contribution in [0.3, 0.4) is 0 Å². The van der Waals surface area contributed by atoms with Crippen LogP contribution in [-0.4, -0.2) is 89.5 Å². The highest BCUT2D eigenvalue weighted by molar-refractivity contribution is 6.00. The van der Waals surface area contributed by atoms with Crippen LogP contribution < -0.4 is 21.3 Å². The summed E-state index contributed by atoms with van der Waals surface area (Å²) >= 11 is 0. The van der Waals surface area contributed by atoms with Crippen molar-refractivity contribution in [2.45, 2.75) is 61.7 Å². The minimum absolute atomic E-state index is 0.0336. The van der Waals surface area contributed by atoms with Gasteiger partial charge < -0.3 is 31.1 Å². The maximum Gasteiger partial charge on any atom is 0.253 e. The monoisotopic (exact) mass is 882 g/mol. The van der Waals surface area contributed by atoms with Crippen molar-refractivity contribution in [1.82, 2.24) is 31.1 Å². The molecule has 10 rings (SSSR count). The molecule has 10 atom stereocenters. The highest BCUT2D eigenvalue weighted by Gasteiger charge is 2.50. The van der Waals surface area contributed by atoms with Gasteiger partial charge >= 0.3 is 0 Å². The molecule has 2 saturated heterocycles. The van der Waals surface area contributed by atoms with E-state index in [4.69, 9.17) is 0 Å². The molecule has 2 heterocycles. The molecule has 5 aromatic rings. The molecule has 12 heteroatoms. The van der Waals surface area contributed by atoms with Gasteiger partial charge in [-0.3, -0.25) is 28.8 Å². The van der Waals surface area contributed by atoms with Crippen LogP contribution in [0.15, 0.2) is 146 Å². The molecule has 12 nitrogen and oxygen atoms in total. The van der Waals surface area contributed by atoms with Crippen LogP contribution in [0.4, 0.5) is 0 Å². The Morgan fingerprint density at radius 2 is 0.697 bits per heavy atom. The summed E-state index contributed by atoms with van der Waals surface area (Å²) in [7, 11) is 0. The average molecular weight is 883 g/mol. The summed E-state index contributed by atoms with van der Waals surface area (Å²) < 4.78 is 0. The van der Waals surface area contributed by atoms with Gasteiger partial charge in [0, 0.05) is 79.7 Å². The summed E-state index contributed by atoms with van der Waals surface area (Å²) in [5.74, 6) is -4.05. The Hall–Kier alpha value is -7.08. The van der Waals surface area contributed by atoms with Crippen LogP contribution in [0.1, 0.15) is 80.0 Å². The van der Waals surface area contributed by atoms with Gasteiger partial charge in [0.2, 0.25) is 23.6 Å². The van der Waals surface area contributed by atoms with Gasteiger partial charge in [-0.25, -0.2) is 0 Å². The summed E-state index contributed by atoms with van der Waals surface area (Å²) in [6.45, 7) is 0.586. The van der Waals surface area contributed by atoms with Gasteiger partial charge in [0.1, 0.15) is 0 Å². The topological polar surface area (TPSA) is 157 Å². The van der Waals surface area contributed by atoms with Gasteiger partial charge in [0.25, 0.3) is 11.8 Å². The fourth-order valence-corrected chi connectivity index (χ4v) is 10.2. The Morgan fingerprint density at radius 3 is 1.03 bits per heavy atom. The first-order valence-electron chi connectivity index (χ1n) is 23.2. The fourth-order valence-electron chi connectivity index (χ4n) is 10.2. The first-order valence-corrected chi connectivity index (χ1v) is 23.2. The van der Waals surface area contributed by atoms with E-state index in [1.807, 2.05) is 84.9 Å². The average Bonchev–Trinajstić information content (AvgIpc) is 4.33. The molecule has 0 bridgehead atoms. The molecule has 3 aliphatic carbocycles. The Kier molecular flexibility index (Phi) is 12.0. The van der Waals surface area contributed by atoms with Crippen molar-refractivity contribution in [1.29, 1.82) is 0 Å². The molecule has 2 aliphatic heterocycles. The third kappa shape index (κ3) is 9.36. The van der Waals surface area contributed by atoms with E-state index in [0.29, 0.717) is 17.7 Å². The second-order valence-corrected chi connectivity index (χ2v) is 18.7. The lowest BCUT2D eigenvalue weighted by atomic mass is 9.94. The van der Waals surface area contributed by atoms with Crippen molar-refractivity contribution < 1.29 is 28.8 Å². The molecule has 0 aromatic heterocycles. The van der Waals surface area contributed by atoms with E-state index in [1.165, 1.54) is 0 Å². The predicted octanol–water partition coefficient (Wildman–Crippen LogP) is 5.40. The number of nitrogens with one attached hydrogen (secondary N) is 4. The molecule has 66 heavy (non-hydrogen) atoms. The second-order valence-electron chi connectivity index (χ2n) is 18.7. The van der Waals surface area contributed by atoms with Gasteiger partial charge in [0.15, 0.2) is 0 Å². The maximum absolute atomic E-state index is 14.1. The number of carbonyl (C=O) groups excluding carboxylic acids is 6. The summed E-state index contributed by atoms with van der Waals surface area (Å²) in [5, 5.41) is 12.5. The van der Waals surface area contributed by atoms with Gasteiger partial charge in [-0.2, -0.15) is 0 Å². The van der Waals surface area contributed by atoms with Crippen LogP contribution in [0.25, 0.3) is 0 Å². The molecule has 5 aromatic carbocycles. The highest BCUT2D eigenvalue weighted by Crippen LogP contribution is 2.43. The molecule has 5 fully saturated rings. The number of benzene rings is 5. The van der Waals surface area contributed by atoms with E-state index >= 15 is 0 Å². The minimum atomic E-state index is -0.758. The number of likely N-dealkylation sites (tertiary alicyclic amines) is 2. The standard InChI is InChI=1S/C54H54N6O6/c61-49(55-28-33-13-5-1-6-14-33)42-29-59(30-43(42)50(62)56-46-25-39(46)34-15-7-2-8-16-34)53(65)37-21-23-38(24-22-37)54(66)60-31-44(51(63)57-47-26-40(47)35-17-9-3-10-18-35)45(32-60)52(64)58-48-27-41(48)36-19-11-4-12-20-36/h1-24,39-48H,25-32H2,(H,55,61)(H,56,62)(H,57,63)(H,58,64)/t39-,40-,41-,42-,43-,44-,45-,46+,47+,48+/m1/s1. The molecule has 3 saturated carbocycles.